The van der Waals surface area contributed by atoms with Gasteiger partial charge in [-0.25, -0.2) is 4.79 Å². The van der Waals surface area contributed by atoms with E-state index in [-0.39, 0.29) is 17.3 Å². The quantitative estimate of drug-likeness (QED) is 0.388. The fourth-order valence-electron chi connectivity index (χ4n) is 3.79. The second-order valence-corrected chi connectivity index (χ2v) is 9.42. The third-order valence-corrected chi connectivity index (χ3v) is 6.47. The van der Waals surface area contributed by atoms with Crippen LogP contribution in [-0.4, -0.2) is 42.7 Å². The van der Waals surface area contributed by atoms with E-state index in [1.807, 2.05) is 36.4 Å². The number of benzene rings is 2. The molecule has 0 saturated heterocycles. The highest BCUT2D eigenvalue weighted by Crippen LogP contribution is 2.27. The Kier molecular flexibility index (Phi) is 6.78. The summed E-state index contributed by atoms with van der Waals surface area (Å²) >= 11 is 1.35. The van der Waals surface area contributed by atoms with Gasteiger partial charge in [-0.05, 0) is 48.4 Å². The molecule has 0 atom stereocenters. The van der Waals surface area contributed by atoms with Crippen LogP contribution in [-0.2, 0) is 25.4 Å². The maximum atomic E-state index is 12.7. The number of amides is 1. The van der Waals surface area contributed by atoms with E-state index in [1.54, 1.807) is 36.4 Å². The van der Waals surface area contributed by atoms with Crippen LogP contribution >= 0.6 is 11.8 Å². The highest BCUT2D eigenvalue weighted by Gasteiger charge is 2.17. The van der Waals surface area contributed by atoms with Gasteiger partial charge in [0.1, 0.15) is 5.75 Å². The Labute approximate surface area is 201 Å². The van der Waals surface area contributed by atoms with E-state index in [0.29, 0.717) is 16.8 Å². The molecule has 34 heavy (non-hydrogen) atoms. The second-order valence-electron chi connectivity index (χ2n) is 8.48. The molecular weight excluding hydrogens is 452 g/mol. The van der Waals surface area contributed by atoms with Gasteiger partial charge in [-0.15, -0.1) is 10.2 Å². The van der Waals surface area contributed by atoms with Crippen LogP contribution in [0, 0.1) is 5.92 Å². The van der Waals surface area contributed by atoms with Crippen molar-refractivity contribution in [1.29, 1.82) is 0 Å². The molecule has 4 rings (SSSR count). The van der Waals surface area contributed by atoms with Gasteiger partial charge in [0.05, 0.1) is 23.9 Å². The molecule has 1 N–H and O–H groups in total. The van der Waals surface area contributed by atoms with Gasteiger partial charge >= 0.3 is 5.69 Å². The molecule has 1 amide bonds. The molecule has 4 aromatic rings. The number of thioether (sulfide) groups is 1. The molecule has 2 aromatic heterocycles. The summed E-state index contributed by atoms with van der Waals surface area (Å²) in [7, 11) is 5.08. The standard InChI is InChI=1S/C24H28N6O3S/c1-15(2)13-30-22(16-6-9-18(33-5)10-7-16)26-27-23(30)34-14-21(31)25-17-8-11-19-20(12-17)29(4)24(32)28(19)3/h6-12,15H,13-14H2,1-5H3,(H,25,31). The number of nitrogens with one attached hydrogen (secondary N) is 1. The van der Waals surface area contributed by atoms with Crippen molar-refractivity contribution in [3.63, 3.8) is 0 Å². The molecule has 0 spiro atoms. The first-order valence-electron chi connectivity index (χ1n) is 10.9. The first-order valence-corrected chi connectivity index (χ1v) is 11.9. The van der Waals surface area contributed by atoms with E-state index in [1.165, 1.54) is 11.8 Å². The number of hydrogen-bond acceptors (Lipinski definition) is 6. The molecule has 0 fully saturated rings. The monoisotopic (exact) mass is 480 g/mol. The van der Waals surface area contributed by atoms with Gasteiger partial charge < -0.3 is 14.6 Å². The highest BCUT2D eigenvalue weighted by atomic mass is 32.2. The smallest absolute Gasteiger partial charge is 0.328 e. The minimum atomic E-state index is -0.157. The SMILES string of the molecule is COc1ccc(-c2nnc(SCC(=O)Nc3ccc4c(c3)n(C)c(=O)n4C)n2CC(C)C)cc1. The zero-order valence-corrected chi connectivity index (χ0v) is 20.7. The summed E-state index contributed by atoms with van der Waals surface area (Å²) in [5.74, 6) is 1.94. The average molecular weight is 481 g/mol. The fraction of sp³-hybridized carbons (Fsp3) is 0.333. The van der Waals surface area contributed by atoms with Crippen molar-refractivity contribution in [3.05, 3.63) is 52.9 Å². The molecule has 178 valence electrons. The van der Waals surface area contributed by atoms with Crippen molar-refractivity contribution < 1.29 is 9.53 Å². The Hall–Kier alpha value is -3.53. The normalized spacial score (nSPS) is 11.4. The molecule has 0 radical (unpaired) electrons. The van der Waals surface area contributed by atoms with Crippen molar-refractivity contribution in [1.82, 2.24) is 23.9 Å². The van der Waals surface area contributed by atoms with Crippen LogP contribution < -0.4 is 15.7 Å². The maximum absolute atomic E-state index is 12.7. The summed E-state index contributed by atoms with van der Waals surface area (Å²) in [5, 5.41) is 12.4. The molecule has 0 saturated carbocycles. The number of nitrogens with zero attached hydrogens (tertiary/aromatic N) is 5. The third kappa shape index (κ3) is 4.72. The number of rotatable bonds is 8. The van der Waals surface area contributed by atoms with E-state index in [2.05, 4.69) is 33.9 Å². The van der Waals surface area contributed by atoms with Gasteiger partial charge in [-0.1, -0.05) is 25.6 Å². The zero-order chi connectivity index (χ0) is 24.4. The zero-order valence-electron chi connectivity index (χ0n) is 19.9. The minimum Gasteiger partial charge on any atom is -0.497 e. The number of carbonyl (C=O) groups is 1. The lowest BCUT2D eigenvalue weighted by Crippen LogP contribution is -2.19. The van der Waals surface area contributed by atoms with Crippen LogP contribution in [0.25, 0.3) is 22.4 Å². The number of ether oxygens (including phenoxy) is 1. The van der Waals surface area contributed by atoms with E-state index in [9.17, 15) is 9.59 Å². The van der Waals surface area contributed by atoms with Crippen LogP contribution in [0.1, 0.15) is 13.8 Å². The number of fused-ring (bicyclic) bond motifs is 1. The van der Waals surface area contributed by atoms with Crippen molar-refractivity contribution >= 4 is 34.4 Å². The number of carbonyl (C=O) groups excluding carboxylic acids is 1. The van der Waals surface area contributed by atoms with Crippen LogP contribution in [0.5, 0.6) is 5.75 Å². The van der Waals surface area contributed by atoms with Gasteiger partial charge in [0, 0.05) is 31.9 Å². The Bertz CT molecular complexity index is 1380. The predicted molar refractivity (Wildman–Crippen MR) is 134 cm³/mol. The Morgan fingerprint density at radius 3 is 2.44 bits per heavy atom. The summed E-state index contributed by atoms with van der Waals surface area (Å²) in [6.45, 7) is 5.00. The lowest BCUT2D eigenvalue weighted by molar-refractivity contribution is -0.113. The first kappa shape index (κ1) is 23.6. The molecule has 0 aliphatic heterocycles. The molecule has 0 bridgehead atoms. The topological polar surface area (TPSA) is 96.0 Å². The van der Waals surface area contributed by atoms with Gasteiger partial charge in [0.25, 0.3) is 0 Å². The van der Waals surface area contributed by atoms with Crippen molar-refractivity contribution in [2.75, 3.05) is 18.2 Å². The van der Waals surface area contributed by atoms with Gasteiger partial charge in [-0.2, -0.15) is 0 Å². The molecule has 0 aliphatic rings. The Morgan fingerprint density at radius 1 is 1.06 bits per heavy atom. The van der Waals surface area contributed by atoms with Gasteiger partial charge in [0.2, 0.25) is 5.91 Å². The lowest BCUT2D eigenvalue weighted by Gasteiger charge is -2.13. The summed E-state index contributed by atoms with van der Waals surface area (Å²) < 4.78 is 10.4. The van der Waals surface area contributed by atoms with Crippen LogP contribution in [0.2, 0.25) is 0 Å². The third-order valence-electron chi connectivity index (χ3n) is 5.50. The second kappa shape index (κ2) is 9.76. The molecule has 2 heterocycles. The molecule has 9 nitrogen and oxygen atoms in total. The van der Waals surface area contributed by atoms with E-state index < -0.39 is 0 Å². The number of aryl methyl sites for hydroxylation is 2. The average Bonchev–Trinajstić information content (AvgIpc) is 3.31. The molecule has 10 heteroatoms. The van der Waals surface area contributed by atoms with Crippen molar-refractivity contribution in [3.8, 4) is 17.1 Å². The summed E-state index contributed by atoms with van der Waals surface area (Å²) in [4.78, 5) is 24.8. The van der Waals surface area contributed by atoms with E-state index in [0.717, 1.165) is 34.7 Å². The van der Waals surface area contributed by atoms with E-state index in [4.69, 9.17) is 4.74 Å². The van der Waals surface area contributed by atoms with E-state index >= 15 is 0 Å². The molecule has 0 unspecified atom stereocenters. The Morgan fingerprint density at radius 2 is 1.76 bits per heavy atom. The van der Waals surface area contributed by atoms with Crippen LogP contribution in [0.15, 0.2) is 52.4 Å². The lowest BCUT2D eigenvalue weighted by atomic mass is 10.2. The fourth-order valence-corrected chi connectivity index (χ4v) is 4.54. The van der Waals surface area contributed by atoms with Crippen molar-refractivity contribution in [2.24, 2.45) is 20.0 Å². The number of hydrogen-bond donors (Lipinski definition) is 1. The number of anilines is 1. The Balaban J connectivity index is 1.49. The summed E-state index contributed by atoms with van der Waals surface area (Å²) in [6, 6.07) is 13.1. The number of imidazole rings is 1. The van der Waals surface area contributed by atoms with Crippen LogP contribution in [0.3, 0.4) is 0 Å². The largest absolute Gasteiger partial charge is 0.497 e. The number of aromatic nitrogens is 5. The minimum absolute atomic E-state index is 0.105. The molecular formula is C24H28N6O3S. The summed E-state index contributed by atoms with van der Waals surface area (Å²) in [5.41, 5.74) is 3.05. The number of methoxy groups -OCH3 is 1. The highest BCUT2D eigenvalue weighted by molar-refractivity contribution is 7.99. The molecule has 2 aromatic carbocycles. The van der Waals surface area contributed by atoms with Crippen molar-refractivity contribution in [2.45, 2.75) is 25.5 Å². The molecule has 0 aliphatic carbocycles. The first-order chi connectivity index (χ1) is 16.3. The van der Waals surface area contributed by atoms with Gasteiger partial charge in [0.15, 0.2) is 11.0 Å². The summed E-state index contributed by atoms with van der Waals surface area (Å²) in [6.07, 6.45) is 0. The van der Waals surface area contributed by atoms with Gasteiger partial charge in [-0.3, -0.25) is 13.9 Å². The predicted octanol–water partition coefficient (Wildman–Crippen LogP) is 3.53. The maximum Gasteiger partial charge on any atom is 0.328 e. The van der Waals surface area contributed by atoms with Crippen LogP contribution in [0.4, 0.5) is 5.69 Å².